The van der Waals surface area contributed by atoms with Gasteiger partial charge in [-0.15, -0.1) is 0 Å². The molecule has 0 aliphatic heterocycles. The summed E-state index contributed by atoms with van der Waals surface area (Å²) in [6.07, 6.45) is 2.61. The Hall–Kier alpha value is -0.470. The molecule has 108 valence electrons. The molecule has 0 aliphatic carbocycles. The fourth-order valence-electron chi connectivity index (χ4n) is 2.01. The monoisotopic (exact) mass is 279 g/mol. The second-order valence-corrected chi connectivity index (χ2v) is 7.29. The summed E-state index contributed by atoms with van der Waals surface area (Å²) in [4.78, 5) is 0. The zero-order valence-corrected chi connectivity index (χ0v) is 13.9. The Morgan fingerprint density at radius 3 is 2.26 bits per heavy atom. The Morgan fingerprint density at radius 2 is 1.79 bits per heavy atom. The molecule has 19 heavy (non-hydrogen) atoms. The van der Waals surface area contributed by atoms with Crippen molar-refractivity contribution in [3.63, 3.8) is 0 Å². The number of thioether (sulfide) groups is 1. The lowest BCUT2D eigenvalue weighted by atomic mass is 9.86. The molecule has 1 atom stereocenters. The lowest BCUT2D eigenvalue weighted by molar-refractivity contribution is 0.588. The van der Waals surface area contributed by atoms with Gasteiger partial charge in [0.1, 0.15) is 0 Å². The molecule has 0 spiro atoms. The minimum Gasteiger partial charge on any atom is -0.312 e. The first kappa shape index (κ1) is 16.6. The summed E-state index contributed by atoms with van der Waals surface area (Å²) in [5, 5.41) is 3.43. The fraction of sp³-hybridized carbons (Fsp3) is 0.647. The van der Waals surface area contributed by atoms with E-state index in [1.165, 1.54) is 29.7 Å². The van der Waals surface area contributed by atoms with Crippen molar-refractivity contribution in [1.82, 2.24) is 5.32 Å². The Kier molecular flexibility index (Phi) is 6.95. The van der Waals surface area contributed by atoms with Crippen molar-refractivity contribution in [3.05, 3.63) is 35.4 Å². The van der Waals surface area contributed by atoms with Gasteiger partial charge in [0.2, 0.25) is 0 Å². The van der Waals surface area contributed by atoms with Crippen LogP contribution >= 0.6 is 11.8 Å². The summed E-state index contributed by atoms with van der Waals surface area (Å²) < 4.78 is 0. The van der Waals surface area contributed by atoms with Crippen molar-refractivity contribution >= 4 is 11.8 Å². The highest BCUT2D eigenvalue weighted by Gasteiger charge is 2.14. The van der Waals surface area contributed by atoms with Crippen LogP contribution < -0.4 is 5.32 Å². The number of benzene rings is 1. The van der Waals surface area contributed by atoms with Gasteiger partial charge < -0.3 is 5.32 Å². The number of hydrogen-bond donors (Lipinski definition) is 1. The van der Waals surface area contributed by atoms with E-state index in [1.807, 2.05) is 0 Å². The van der Waals surface area contributed by atoms with Crippen LogP contribution in [0.2, 0.25) is 0 Å². The molecular weight excluding hydrogens is 250 g/mol. The zero-order valence-electron chi connectivity index (χ0n) is 13.1. The van der Waals surface area contributed by atoms with Crippen LogP contribution in [0.1, 0.15) is 57.7 Å². The predicted octanol–water partition coefficient (Wildman–Crippen LogP) is 4.78. The molecule has 1 aromatic rings. The van der Waals surface area contributed by atoms with Gasteiger partial charge >= 0.3 is 0 Å². The lowest BCUT2D eigenvalue weighted by Gasteiger charge is -2.21. The smallest absolute Gasteiger partial charge is 0.0409 e. The van der Waals surface area contributed by atoms with Crippen LogP contribution in [0, 0.1) is 0 Å². The molecule has 2 heteroatoms. The van der Waals surface area contributed by atoms with Gasteiger partial charge in [-0.25, -0.2) is 0 Å². The highest BCUT2D eigenvalue weighted by molar-refractivity contribution is 7.99. The second-order valence-electron chi connectivity index (χ2n) is 6.14. The first-order chi connectivity index (χ1) is 8.99. The van der Waals surface area contributed by atoms with Gasteiger partial charge in [0, 0.05) is 11.8 Å². The molecule has 0 aromatic heterocycles. The average Bonchev–Trinajstić information content (AvgIpc) is 2.38. The van der Waals surface area contributed by atoms with Crippen LogP contribution in [-0.2, 0) is 5.41 Å². The van der Waals surface area contributed by atoms with E-state index in [1.54, 1.807) is 0 Å². The second kappa shape index (κ2) is 7.96. The molecule has 0 radical (unpaired) electrons. The fourth-order valence-corrected chi connectivity index (χ4v) is 3.26. The number of rotatable bonds is 7. The minimum atomic E-state index is 0.240. The van der Waals surface area contributed by atoms with Crippen LogP contribution in [0.3, 0.4) is 0 Å². The Labute approximate surface area is 123 Å². The van der Waals surface area contributed by atoms with Crippen LogP contribution in [0.4, 0.5) is 0 Å². The van der Waals surface area contributed by atoms with Gasteiger partial charge in [-0.1, -0.05) is 58.4 Å². The third-order valence-corrected chi connectivity index (χ3v) is 4.60. The molecule has 0 aliphatic rings. The number of nitrogens with one attached hydrogen (secondary N) is 1. The van der Waals surface area contributed by atoms with Crippen molar-refractivity contribution in [1.29, 1.82) is 0 Å². The van der Waals surface area contributed by atoms with E-state index in [2.05, 4.69) is 76.1 Å². The van der Waals surface area contributed by atoms with Gasteiger partial charge in [-0.05, 0) is 35.8 Å². The standard InChI is InChI=1S/C17H29NS/c1-6-7-12-19-13-16(18-5)14-8-10-15(11-9-14)17(2,3)4/h8-11,16,18H,6-7,12-13H2,1-5H3. The highest BCUT2D eigenvalue weighted by Crippen LogP contribution is 2.25. The molecule has 0 bridgehead atoms. The molecule has 1 N–H and O–H groups in total. The van der Waals surface area contributed by atoms with Gasteiger partial charge in [0.15, 0.2) is 0 Å². The lowest BCUT2D eigenvalue weighted by Crippen LogP contribution is -2.19. The topological polar surface area (TPSA) is 12.0 Å². The molecule has 0 amide bonds. The normalized spacial score (nSPS) is 13.5. The van der Waals surface area contributed by atoms with Crippen molar-refractivity contribution in [2.45, 2.75) is 52.0 Å². The first-order valence-corrected chi connectivity index (χ1v) is 8.50. The molecule has 0 heterocycles. The van der Waals surface area contributed by atoms with E-state index in [4.69, 9.17) is 0 Å². The SMILES string of the molecule is CCCCSCC(NC)c1ccc(C(C)(C)C)cc1. The Balaban J connectivity index is 2.61. The minimum absolute atomic E-state index is 0.240. The summed E-state index contributed by atoms with van der Waals surface area (Å²) in [6.45, 7) is 9.04. The third kappa shape index (κ3) is 5.58. The zero-order chi connectivity index (χ0) is 14.3. The molecule has 0 fully saturated rings. The molecule has 0 saturated carbocycles. The van der Waals surface area contributed by atoms with Gasteiger partial charge in [0.25, 0.3) is 0 Å². The van der Waals surface area contributed by atoms with Crippen molar-refractivity contribution < 1.29 is 0 Å². The predicted molar refractivity (Wildman–Crippen MR) is 89.2 cm³/mol. The van der Waals surface area contributed by atoms with E-state index >= 15 is 0 Å². The molecule has 1 unspecified atom stereocenters. The van der Waals surface area contributed by atoms with E-state index in [9.17, 15) is 0 Å². The molecule has 1 rings (SSSR count). The van der Waals surface area contributed by atoms with E-state index in [-0.39, 0.29) is 5.41 Å². The van der Waals surface area contributed by atoms with Gasteiger partial charge in [-0.3, -0.25) is 0 Å². The maximum Gasteiger partial charge on any atom is 0.0409 e. The quantitative estimate of drug-likeness (QED) is 0.721. The number of unbranched alkanes of at least 4 members (excludes halogenated alkanes) is 1. The molecule has 1 nitrogen and oxygen atoms in total. The summed E-state index contributed by atoms with van der Waals surface area (Å²) in [5.74, 6) is 2.43. The van der Waals surface area contributed by atoms with Crippen LogP contribution in [0.25, 0.3) is 0 Å². The van der Waals surface area contributed by atoms with E-state index in [0.29, 0.717) is 6.04 Å². The number of hydrogen-bond acceptors (Lipinski definition) is 2. The van der Waals surface area contributed by atoms with Crippen LogP contribution in [-0.4, -0.2) is 18.6 Å². The largest absolute Gasteiger partial charge is 0.312 e. The molecular formula is C17H29NS. The average molecular weight is 279 g/mol. The van der Waals surface area contributed by atoms with Crippen LogP contribution in [0.5, 0.6) is 0 Å². The maximum atomic E-state index is 3.43. The first-order valence-electron chi connectivity index (χ1n) is 7.34. The summed E-state index contributed by atoms with van der Waals surface area (Å²) >= 11 is 2.05. The maximum absolute atomic E-state index is 3.43. The highest BCUT2D eigenvalue weighted by atomic mass is 32.2. The van der Waals surface area contributed by atoms with E-state index in [0.717, 1.165) is 5.75 Å². The van der Waals surface area contributed by atoms with Crippen LogP contribution in [0.15, 0.2) is 24.3 Å². The summed E-state index contributed by atoms with van der Waals surface area (Å²) in [6, 6.07) is 9.58. The van der Waals surface area contributed by atoms with Crippen molar-refractivity contribution in [3.8, 4) is 0 Å². The van der Waals surface area contributed by atoms with Crippen molar-refractivity contribution in [2.24, 2.45) is 0 Å². The Bertz CT molecular complexity index is 351. The van der Waals surface area contributed by atoms with Gasteiger partial charge in [-0.2, -0.15) is 11.8 Å². The summed E-state index contributed by atoms with van der Waals surface area (Å²) in [7, 11) is 2.06. The Morgan fingerprint density at radius 1 is 1.16 bits per heavy atom. The molecule has 1 aromatic carbocycles. The van der Waals surface area contributed by atoms with Crippen molar-refractivity contribution in [2.75, 3.05) is 18.6 Å². The third-order valence-electron chi connectivity index (χ3n) is 3.45. The molecule has 0 saturated heterocycles. The van der Waals surface area contributed by atoms with E-state index < -0.39 is 0 Å². The van der Waals surface area contributed by atoms with Gasteiger partial charge in [0.05, 0.1) is 0 Å². The summed E-state index contributed by atoms with van der Waals surface area (Å²) in [5.41, 5.74) is 3.05.